The summed E-state index contributed by atoms with van der Waals surface area (Å²) in [6.07, 6.45) is 10.0. The number of hydrogen-bond donors (Lipinski definition) is 1. The fourth-order valence-electron chi connectivity index (χ4n) is 6.39. The second kappa shape index (κ2) is 7.18. The van der Waals surface area contributed by atoms with Gasteiger partial charge in [-0.1, -0.05) is 24.2 Å². The third-order valence-corrected chi connectivity index (χ3v) is 7.26. The highest BCUT2D eigenvalue weighted by Gasteiger charge is 2.50. The third kappa shape index (κ3) is 3.45. The maximum Gasteiger partial charge on any atom is 0.231 e. The Bertz CT molecular complexity index is 809. The quantitative estimate of drug-likeness (QED) is 0.775. The first-order chi connectivity index (χ1) is 13.6. The van der Waals surface area contributed by atoms with Gasteiger partial charge in [0.1, 0.15) is 5.75 Å². The topological polar surface area (TPSA) is 60.2 Å². The molecular formula is C23H31N3O2. The van der Waals surface area contributed by atoms with Crippen molar-refractivity contribution in [3.63, 3.8) is 0 Å². The number of benzene rings is 1. The van der Waals surface area contributed by atoms with Gasteiger partial charge in [-0.15, -0.1) is 0 Å². The van der Waals surface area contributed by atoms with E-state index in [4.69, 9.17) is 9.26 Å². The van der Waals surface area contributed by atoms with Crippen molar-refractivity contribution in [2.24, 2.45) is 17.8 Å². The molecular weight excluding hydrogens is 350 g/mol. The molecule has 4 fully saturated rings. The van der Waals surface area contributed by atoms with Crippen LogP contribution in [0.25, 0.3) is 0 Å². The van der Waals surface area contributed by atoms with Crippen LogP contribution in [-0.4, -0.2) is 22.8 Å². The average molecular weight is 382 g/mol. The Hall–Kier alpha value is -1.88. The van der Waals surface area contributed by atoms with Crippen LogP contribution in [0.3, 0.4) is 0 Å². The average Bonchev–Trinajstić information content (AvgIpc) is 3.13. The summed E-state index contributed by atoms with van der Waals surface area (Å²) >= 11 is 0. The summed E-state index contributed by atoms with van der Waals surface area (Å²) in [6.45, 7) is 2.85. The van der Waals surface area contributed by atoms with Gasteiger partial charge in [-0.2, -0.15) is 4.98 Å². The lowest BCUT2D eigenvalue weighted by Crippen LogP contribution is -2.58. The van der Waals surface area contributed by atoms with Crippen molar-refractivity contribution in [2.45, 2.75) is 70.4 Å². The van der Waals surface area contributed by atoms with E-state index < -0.39 is 0 Å². The lowest BCUT2D eigenvalue weighted by Gasteiger charge is -2.57. The van der Waals surface area contributed by atoms with E-state index in [1.165, 1.54) is 44.1 Å². The number of aryl methyl sites for hydroxylation is 1. The molecule has 28 heavy (non-hydrogen) atoms. The minimum Gasteiger partial charge on any atom is -0.496 e. The van der Waals surface area contributed by atoms with E-state index >= 15 is 0 Å². The molecule has 1 heterocycles. The summed E-state index contributed by atoms with van der Waals surface area (Å²) in [5, 5.41) is 8.07. The van der Waals surface area contributed by atoms with E-state index in [1.807, 2.05) is 0 Å². The predicted molar refractivity (Wildman–Crippen MR) is 107 cm³/mol. The minimum atomic E-state index is 0.332. The van der Waals surface area contributed by atoms with Gasteiger partial charge < -0.3 is 14.6 Å². The second-order valence-corrected chi connectivity index (χ2v) is 9.33. The molecule has 5 nitrogen and oxygen atoms in total. The van der Waals surface area contributed by atoms with Gasteiger partial charge >= 0.3 is 0 Å². The first-order valence-electron chi connectivity index (χ1n) is 10.9. The zero-order valence-electron chi connectivity index (χ0n) is 17.0. The lowest BCUT2D eigenvalue weighted by atomic mass is 9.53. The number of aromatic nitrogens is 2. The third-order valence-electron chi connectivity index (χ3n) is 7.26. The standard InChI is InChI=1S/C23H31N3O2/c1-3-19-5-4-15(9-20(19)27-2)10-22-25-21(26-28-22)14-24-23-11-16-6-17(12-23)8-18(7-16)13-23/h4-5,9,16-18,24H,3,6-8,10-14H2,1-2H3. The molecule has 1 aromatic carbocycles. The van der Waals surface area contributed by atoms with E-state index in [-0.39, 0.29) is 0 Å². The Morgan fingerprint density at radius 3 is 2.50 bits per heavy atom. The molecule has 4 aliphatic carbocycles. The van der Waals surface area contributed by atoms with Crippen LogP contribution in [0.5, 0.6) is 5.75 Å². The molecule has 0 saturated heterocycles. The van der Waals surface area contributed by atoms with Gasteiger partial charge in [-0.25, -0.2) is 0 Å². The Morgan fingerprint density at radius 2 is 1.86 bits per heavy atom. The number of nitrogens with one attached hydrogen (secondary N) is 1. The second-order valence-electron chi connectivity index (χ2n) is 9.33. The molecule has 150 valence electrons. The number of methoxy groups -OCH3 is 1. The van der Waals surface area contributed by atoms with Crippen molar-refractivity contribution >= 4 is 0 Å². The number of rotatable bonds is 7. The summed E-state index contributed by atoms with van der Waals surface area (Å²) in [6, 6.07) is 6.33. The van der Waals surface area contributed by atoms with Gasteiger partial charge in [0.25, 0.3) is 0 Å². The van der Waals surface area contributed by atoms with Crippen LogP contribution in [0.4, 0.5) is 0 Å². The van der Waals surface area contributed by atoms with Gasteiger partial charge in [-0.05, 0) is 79.9 Å². The summed E-state index contributed by atoms with van der Waals surface area (Å²) in [5.41, 5.74) is 2.69. The minimum absolute atomic E-state index is 0.332. The van der Waals surface area contributed by atoms with Crippen molar-refractivity contribution in [1.82, 2.24) is 15.5 Å². The van der Waals surface area contributed by atoms with Gasteiger partial charge in [0, 0.05) is 5.54 Å². The van der Waals surface area contributed by atoms with Gasteiger partial charge in [-0.3, -0.25) is 0 Å². The molecule has 0 atom stereocenters. The van der Waals surface area contributed by atoms with E-state index in [9.17, 15) is 0 Å². The Labute approximate surface area is 167 Å². The van der Waals surface area contributed by atoms with E-state index in [2.05, 4.69) is 40.6 Å². The summed E-state index contributed by atoms with van der Waals surface area (Å²) in [5.74, 6) is 5.22. The molecule has 4 aliphatic rings. The lowest BCUT2D eigenvalue weighted by molar-refractivity contribution is -0.0209. The van der Waals surface area contributed by atoms with Crippen LogP contribution in [-0.2, 0) is 19.4 Å². The molecule has 5 heteroatoms. The van der Waals surface area contributed by atoms with Crippen molar-refractivity contribution in [3.8, 4) is 5.75 Å². The maximum atomic E-state index is 5.53. The van der Waals surface area contributed by atoms with Gasteiger partial charge in [0.15, 0.2) is 5.82 Å². The SMILES string of the molecule is CCc1ccc(Cc2nc(CNC34CC5CC(CC(C5)C3)C4)no2)cc1OC. The van der Waals surface area contributed by atoms with Crippen molar-refractivity contribution in [3.05, 3.63) is 41.0 Å². The zero-order chi connectivity index (χ0) is 19.1. The molecule has 1 aromatic heterocycles. The molecule has 4 saturated carbocycles. The smallest absolute Gasteiger partial charge is 0.231 e. The molecule has 0 spiro atoms. The molecule has 0 amide bonds. The Kier molecular flexibility index (Phi) is 4.66. The summed E-state index contributed by atoms with van der Waals surface area (Å²) in [7, 11) is 1.72. The van der Waals surface area contributed by atoms with Crippen LogP contribution in [0, 0.1) is 17.8 Å². The molecule has 1 N–H and O–H groups in total. The molecule has 0 aliphatic heterocycles. The molecule has 0 radical (unpaired) electrons. The molecule has 0 unspecified atom stereocenters. The van der Waals surface area contributed by atoms with E-state index in [1.54, 1.807) is 7.11 Å². The first-order valence-corrected chi connectivity index (χ1v) is 10.9. The largest absolute Gasteiger partial charge is 0.496 e. The highest BCUT2D eigenvalue weighted by Crippen LogP contribution is 2.55. The summed E-state index contributed by atoms with van der Waals surface area (Å²) < 4.78 is 11.0. The molecule has 6 rings (SSSR count). The van der Waals surface area contributed by atoms with Crippen molar-refractivity contribution in [1.29, 1.82) is 0 Å². The van der Waals surface area contributed by atoms with Crippen LogP contribution < -0.4 is 10.1 Å². The van der Waals surface area contributed by atoms with Crippen molar-refractivity contribution in [2.75, 3.05) is 7.11 Å². The number of nitrogens with zero attached hydrogens (tertiary/aromatic N) is 2. The van der Waals surface area contributed by atoms with E-state index in [0.717, 1.165) is 41.3 Å². The zero-order valence-corrected chi connectivity index (χ0v) is 17.0. The first kappa shape index (κ1) is 18.2. The van der Waals surface area contributed by atoms with Crippen LogP contribution >= 0.6 is 0 Å². The van der Waals surface area contributed by atoms with Crippen LogP contribution in [0.2, 0.25) is 0 Å². The fourth-order valence-corrected chi connectivity index (χ4v) is 6.39. The van der Waals surface area contributed by atoms with Crippen molar-refractivity contribution < 1.29 is 9.26 Å². The highest BCUT2D eigenvalue weighted by atomic mass is 16.5. The normalized spacial score (nSPS) is 30.7. The number of ether oxygens (including phenoxy) is 1. The fraction of sp³-hybridized carbons (Fsp3) is 0.652. The van der Waals surface area contributed by atoms with Gasteiger partial charge in [0.05, 0.1) is 20.1 Å². The Balaban J connectivity index is 1.22. The van der Waals surface area contributed by atoms with Crippen LogP contribution in [0.1, 0.15) is 68.3 Å². The number of hydrogen-bond acceptors (Lipinski definition) is 5. The molecule has 4 bridgehead atoms. The predicted octanol–water partition coefficient (Wildman–Crippen LogP) is 4.29. The Morgan fingerprint density at radius 1 is 1.14 bits per heavy atom. The molecule has 2 aromatic rings. The van der Waals surface area contributed by atoms with Gasteiger partial charge in [0.2, 0.25) is 5.89 Å². The summed E-state index contributed by atoms with van der Waals surface area (Å²) in [4.78, 5) is 4.64. The maximum absolute atomic E-state index is 5.53. The monoisotopic (exact) mass is 381 g/mol. The van der Waals surface area contributed by atoms with Crippen LogP contribution in [0.15, 0.2) is 22.7 Å². The van der Waals surface area contributed by atoms with E-state index in [0.29, 0.717) is 24.4 Å². The highest BCUT2D eigenvalue weighted by molar-refractivity contribution is 5.38.